The molecule has 11 heteroatoms. The minimum atomic E-state index is -4.20. The molecule has 0 aliphatic rings. The van der Waals surface area contributed by atoms with Crippen LogP contribution in [0.4, 0.5) is 5.69 Å². The highest BCUT2D eigenvalue weighted by Gasteiger charge is 2.33. The second kappa shape index (κ2) is 13.0. The monoisotopic (exact) mass is 577 g/mol. The molecule has 0 saturated heterocycles. The van der Waals surface area contributed by atoms with E-state index in [1.165, 1.54) is 55.5 Å². The van der Waals surface area contributed by atoms with Crippen LogP contribution in [-0.4, -0.2) is 51.9 Å². The molecule has 0 aliphatic carbocycles. The Kier molecular flexibility index (Phi) is 10.0. The maximum absolute atomic E-state index is 13.9. The number of hydrogen-bond donors (Lipinski definition) is 1. The first-order valence-electron chi connectivity index (χ1n) is 11.8. The lowest BCUT2D eigenvalue weighted by molar-refractivity contribution is -0.140. The summed E-state index contributed by atoms with van der Waals surface area (Å²) in [6, 6.07) is 18.1. The molecule has 2 amide bonds. The Morgan fingerprint density at radius 1 is 0.974 bits per heavy atom. The van der Waals surface area contributed by atoms with Crippen molar-refractivity contribution in [3.05, 3.63) is 88.4 Å². The highest BCUT2D eigenvalue weighted by atomic mass is 35.5. The number of benzene rings is 3. The lowest BCUT2D eigenvalue weighted by Crippen LogP contribution is -2.51. The van der Waals surface area contributed by atoms with E-state index in [0.717, 1.165) is 4.31 Å². The number of likely N-dealkylation sites (N-methyl/N-ethyl adjacent to an activating group) is 1. The molecule has 0 aromatic heterocycles. The van der Waals surface area contributed by atoms with Crippen molar-refractivity contribution >= 4 is 50.7 Å². The number of nitrogens with one attached hydrogen (secondary N) is 1. The molecule has 0 unspecified atom stereocenters. The molecule has 0 aliphatic heterocycles. The van der Waals surface area contributed by atoms with Crippen molar-refractivity contribution < 1.29 is 22.7 Å². The van der Waals surface area contributed by atoms with Crippen LogP contribution in [-0.2, 0) is 26.2 Å². The topological polar surface area (TPSA) is 96.0 Å². The number of methoxy groups -OCH3 is 1. The molecule has 38 heavy (non-hydrogen) atoms. The van der Waals surface area contributed by atoms with Crippen molar-refractivity contribution in [3.63, 3.8) is 0 Å². The molecule has 3 rings (SSSR count). The van der Waals surface area contributed by atoms with Crippen molar-refractivity contribution in [2.24, 2.45) is 0 Å². The van der Waals surface area contributed by atoms with Gasteiger partial charge in [0.1, 0.15) is 18.3 Å². The number of anilines is 1. The van der Waals surface area contributed by atoms with Gasteiger partial charge in [0.25, 0.3) is 10.0 Å². The fourth-order valence-electron chi connectivity index (χ4n) is 3.91. The van der Waals surface area contributed by atoms with E-state index in [0.29, 0.717) is 27.8 Å². The second-order valence-electron chi connectivity index (χ2n) is 8.31. The Labute approximate surface area is 233 Å². The molecule has 0 heterocycles. The molecule has 0 spiro atoms. The van der Waals surface area contributed by atoms with Gasteiger partial charge in [-0.3, -0.25) is 13.9 Å². The fourth-order valence-corrected chi connectivity index (χ4v) is 5.64. The van der Waals surface area contributed by atoms with Crippen molar-refractivity contribution in [2.45, 2.75) is 30.8 Å². The standard InChI is InChI=1S/C27H29Cl2N3O5S/c1-4-25(27(34)30-2)31(17-19-7-5-6-8-24(19)29)26(33)18-32(21-11-9-20(28)10-12-21)38(35,36)23-15-13-22(37-3)14-16-23/h5-16,25H,4,17-18H2,1-3H3,(H,30,34)/t25-/m0/s1. The largest absolute Gasteiger partial charge is 0.497 e. The minimum absolute atomic E-state index is 0.0154. The lowest BCUT2D eigenvalue weighted by atomic mass is 10.1. The van der Waals surface area contributed by atoms with Gasteiger partial charge in [-0.15, -0.1) is 0 Å². The van der Waals surface area contributed by atoms with Gasteiger partial charge >= 0.3 is 0 Å². The quantitative estimate of drug-likeness (QED) is 0.354. The fraction of sp³-hybridized carbons (Fsp3) is 0.259. The van der Waals surface area contributed by atoms with Gasteiger partial charge in [-0.25, -0.2) is 8.42 Å². The van der Waals surface area contributed by atoms with E-state index >= 15 is 0 Å². The average Bonchev–Trinajstić information content (AvgIpc) is 2.92. The Morgan fingerprint density at radius 3 is 2.16 bits per heavy atom. The van der Waals surface area contributed by atoms with E-state index in [4.69, 9.17) is 27.9 Å². The summed E-state index contributed by atoms with van der Waals surface area (Å²) in [5.41, 5.74) is 0.866. The number of nitrogens with zero attached hydrogens (tertiary/aromatic N) is 2. The number of carbonyl (C=O) groups is 2. The van der Waals surface area contributed by atoms with E-state index in [9.17, 15) is 18.0 Å². The molecular weight excluding hydrogens is 549 g/mol. The van der Waals surface area contributed by atoms with Crippen molar-refractivity contribution in [2.75, 3.05) is 25.0 Å². The number of sulfonamides is 1. The molecule has 3 aromatic carbocycles. The van der Waals surface area contributed by atoms with Crippen LogP contribution < -0.4 is 14.4 Å². The van der Waals surface area contributed by atoms with Crippen LogP contribution in [0, 0.1) is 0 Å². The summed E-state index contributed by atoms with van der Waals surface area (Å²) in [4.78, 5) is 27.9. The molecule has 202 valence electrons. The second-order valence-corrected chi connectivity index (χ2v) is 11.0. The smallest absolute Gasteiger partial charge is 0.264 e. The van der Waals surface area contributed by atoms with Gasteiger partial charge in [0, 0.05) is 23.6 Å². The summed E-state index contributed by atoms with van der Waals surface area (Å²) in [7, 11) is -1.24. The molecule has 8 nitrogen and oxygen atoms in total. The van der Waals surface area contributed by atoms with Crippen LogP contribution in [0.1, 0.15) is 18.9 Å². The summed E-state index contributed by atoms with van der Waals surface area (Å²) >= 11 is 12.4. The molecule has 1 atom stereocenters. The van der Waals surface area contributed by atoms with E-state index < -0.39 is 28.5 Å². The number of ether oxygens (including phenoxy) is 1. The van der Waals surface area contributed by atoms with Gasteiger partial charge in [0.15, 0.2) is 0 Å². The third kappa shape index (κ3) is 6.78. The molecule has 0 radical (unpaired) electrons. The van der Waals surface area contributed by atoms with Gasteiger partial charge in [-0.1, -0.05) is 48.3 Å². The van der Waals surface area contributed by atoms with Gasteiger partial charge in [-0.2, -0.15) is 0 Å². The summed E-state index contributed by atoms with van der Waals surface area (Å²) in [5.74, 6) is -0.461. The van der Waals surface area contributed by atoms with Crippen molar-refractivity contribution in [3.8, 4) is 5.75 Å². The van der Waals surface area contributed by atoms with Crippen molar-refractivity contribution in [1.82, 2.24) is 10.2 Å². The summed E-state index contributed by atoms with van der Waals surface area (Å²) in [6.45, 7) is 1.23. The van der Waals surface area contributed by atoms with Crippen LogP contribution in [0.15, 0.2) is 77.7 Å². The molecule has 0 fully saturated rings. The molecule has 0 saturated carbocycles. The maximum atomic E-state index is 13.9. The van der Waals surface area contributed by atoms with Crippen LogP contribution in [0.25, 0.3) is 0 Å². The minimum Gasteiger partial charge on any atom is -0.497 e. The predicted octanol–water partition coefficient (Wildman–Crippen LogP) is 4.75. The van der Waals surface area contributed by atoms with Gasteiger partial charge in [-0.05, 0) is 66.6 Å². The summed E-state index contributed by atoms with van der Waals surface area (Å²) < 4.78 is 33.7. The molecule has 0 bridgehead atoms. The third-order valence-electron chi connectivity index (χ3n) is 5.97. The Morgan fingerprint density at radius 2 is 1.61 bits per heavy atom. The average molecular weight is 579 g/mol. The summed E-state index contributed by atoms with van der Waals surface area (Å²) in [5, 5.41) is 3.42. The zero-order chi connectivity index (χ0) is 27.9. The zero-order valence-electron chi connectivity index (χ0n) is 21.2. The SMILES string of the molecule is CC[C@@H](C(=O)NC)N(Cc1ccccc1Cl)C(=O)CN(c1ccc(Cl)cc1)S(=O)(=O)c1ccc(OC)cc1. The van der Waals surface area contributed by atoms with Gasteiger partial charge < -0.3 is 15.0 Å². The van der Waals surface area contributed by atoms with Crippen molar-refractivity contribution in [1.29, 1.82) is 0 Å². The molecule has 1 N–H and O–H groups in total. The number of halogens is 2. The molecule has 3 aromatic rings. The first-order chi connectivity index (χ1) is 18.1. The van der Waals surface area contributed by atoms with Crippen LogP contribution in [0.3, 0.4) is 0 Å². The zero-order valence-corrected chi connectivity index (χ0v) is 23.6. The third-order valence-corrected chi connectivity index (χ3v) is 8.38. The maximum Gasteiger partial charge on any atom is 0.264 e. The first-order valence-corrected chi connectivity index (χ1v) is 14.0. The van der Waals surface area contributed by atoms with E-state index in [2.05, 4.69) is 5.32 Å². The number of amides is 2. The van der Waals surface area contributed by atoms with Crippen LogP contribution in [0.5, 0.6) is 5.75 Å². The van der Waals surface area contributed by atoms with Gasteiger partial charge in [0.05, 0.1) is 17.7 Å². The van der Waals surface area contributed by atoms with Crippen LogP contribution >= 0.6 is 23.2 Å². The first kappa shape index (κ1) is 29.3. The van der Waals surface area contributed by atoms with E-state index in [1.807, 2.05) is 0 Å². The van der Waals surface area contributed by atoms with Gasteiger partial charge in [0.2, 0.25) is 11.8 Å². The predicted molar refractivity (Wildman–Crippen MR) is 149 cm³/mol. The Balaban J connectivity index is 2.06. The highest BCUT2D eigenvalue weighted by Crippen LogP contribution is 2.27. The Hall–Kier alpha value is -3.27. The summed E-state index contributed by atoms with van der Waals surface area (Å²) in [6.07, 6.45) is 0.308. The van der Waals surface area contributed by atoms with Crippen LogP contribution in [0.2, 0.25) is 10.0 Å². The van der Waals surface area contributed by atoms with E-state index in [1.54, 1.807) is 43.3 Å². The Bertz CT molecular complexity index is 1370. The van der Waals surface area contributed by atoms with E-state index in [-0.39, 0.29) is 23.0 Å². The normalized spacial score (nSPS) is 11.9. The highest BCUT2D eigenvalue weighted by molar-refractivity contribution is 7.92. The number of hydrogen-bond acceptors (Lipinski definition) is 5. The lowest BCUT2D eigenvalue weighted by Gasteiger charge is -2.33. The number of rotatable bonds is 11. The molecular formula is C27H29Cl2N3O5S. The number of carbonyl (C=O) groups excluding carboxylic acids is 2.